The molecule has 1 aliphatic carbocycles. The van der Waals surface area contributed by atoms with Gasteiger partial charge in [-0.1, -0.05) is 25.0 Å². The molecule has 6 heteroatoms. The monoisotopic (exact) mass is 365 g/mol. The van der Waals surface area contributed by atoms with Gasteiger partial charge >= 0.3 is 0 Å². The zero-order valence-corrected chi connectivity index (χ0v) is 15.6. The number of carbonyl (C=O) groups is 2. The highest BCUT2D eigenvalue weighted by Gasteiger charge is 2.37. The molecule has 0 bridgehead atoms. The Morgan fingerprint density at radius 1 is 1.28 bits per heavy atom. The predicted molar refractivity (Wildman–Crippen MR) is 102 cm³/mol. The van der Waals surface area contributed by atoms with Gasteiger partial charge in [0.1, 0.15) is 0 Å². The van der Waals surface area contributed by atoms with E-state index in [1.54, 1.807) is 0 Å². The van der Waals surface area contributed by atoms with Gasteiger partial charge in [-0.25, -0.2) is 0 Å². The Morgan fingerprint density at radius 2 is 2.00 bits per heavy atom. The van der Waals surface area contributed by atoms with Crippen molar-refractivity contribution in [2.45, 2.75) is 57.5 Å². The standard InChI is InChI=1S/C19H27N3O2.ClH/c1-19(20)11-3-2-5-16(19)18(24)21-15-9-7-14(8-10-15)13-22-12-4-6-17(22)23;/h7-10,16H,2-6,11-13,20H2,1H3,(H,21,24);1H. The molecule has 3 rings (SSSR count). The van der Waals surface area contributed by atoms with E-state index in [0.29, 0.717) is 13.0 Å². The first-order valence-corrected chi connectivity index (χ1v) is 8.92. The summed E-state index contributed by atoms with van der Waals surface area (Å²) in [6, 6.07) is 7.77. The van der Waals surface area contributed by atoms with Crippen LogP contribution in [0.1, 0.15) is 51.0 Å². The second-order valence-corrected chi connectivity index (χ2v) is 7.41. The van der Waals surface area contributed by atoms with Gasteiger partial charge in [-0.05, 0) is 43.9 Å². The molecule has 3 N–H and O–H groups in total. The lowest BCUT2D eigenvalue weighted by molar-refractivity contribution is -0.128. The lowest BCUT2D eigenvalue weighted by Gasteiger charge is -2.37. The highest BCUT2D eigenvalue weighted by atomic mass is 35.5. The second kappa shape index (κ2) is 8.19. The molecule has 1 aromatic rings. The summed E-state index contributed by atoms with van der Waals surface area (Å²) in [5, 5.41) is 3.00. The number of likely N-dealkylation sites (tertiary alicyclic amines) is 1. The molecule has 2 atom stereocenters. The third-order valence-corrected chi connectivity index (χ3v) is 5.34. The Bertz CT molecular complexity index is 616. The second-order valence-electron chi connectivity index (χ2n) is 7.41. The fourth-order valence-corrected chi connectivity index (χ4v) is 3.80. The highest BCUT2D eigenvalue weighted by Crippen LogP contribution is 2.32. The molecular weight excluding hydrogens is 338 g/mol. The van der Waals surface area contributed by atoms with Crippen molar-refractivity contribution >= 4 is 29.9 Å². The summed E-state index contributed by atoms with van der Waals surface area (Å²) in [5.41, 5.74) is 7.77. The van der Waals surface area contributed by atoms with Gasteiger partial charge in [-0.15, -0.1) is 12.4 Å². The molecule has 0 radical (unpaired) electrons. The number of nitrogens with zero attached hydrogens (tertiary/aromatic N) is 1. The van der Waals surface area contributed by atoms with Gasteiger partial charge in [-0.3, -0.25) is 9.59 Å². The summed E-state index contributed by atoms with van der Waals surface area (Å²) in [4.78, 5) is 26.1. The van der Waals surface area contributed by atoms with Crippen molar-refractivity contribution in [3.05, 3.63) is 29.8 Å². The molecule has 0 spiro atoms. The first-order valence-electron chi connectivity index (χ1n) is 8.92. The van der Waals surface area contributed by atoms with Crippen LogP contribution in [0.5, 0.6) is 0 Å². The largest absolute Gasteiger partial charge is 0.338 e. The Labute approximate surface area is 155 Å². The van der Waals surface area contributed by atoms with E-state index in [4.69, 9.17) is 5.73 Å². The maximum Gasteiger partial charge on any atom is 0.229 e. The quantitative estimate of drug-likeness (QED) is 0.860. The van der Waals surface area contributed by atoms with Crippen LogP contribution in [0.3, 0.4) is 0 Å². The van der Waals surface area contributed by atoms with E-state index in [-0.39, 0.29) is 30.1 Å². The van der Waals surface area contributed by atoms with Gasteiger partial charge in [0, 0.05) is 30.7 Å². The van der Waals surface area contributed by atoms with Gasteiger partial charge < -0.3 is 16.0 Å². The molecule has 1 aromatic carbocycles. The van der Waals surface area contributed by atoms with Crippen molar-refractivity contribution in [2.24, 2.45) is 11.7 Å². The summed E-state index contributed by atoms with van der Waals surface area (Å²) in [7, 11) is 0. The Balaban J connectivity index is 0.00000225. The Morgan fingerprint density at radius 3 is 2.60 bits per heavy atom. The SMILES string of the molecule is CC1(N)CCCCC1C(=O)Nc1ccc(CN2CCCC2=O)cc1.Cl. The maximum absolute atomic E-state index is 12.5. The molecule has 2 fully saturated rings. The summed E-state index contributed by atoms with van der Waals surface area (Å²) >= 11 is 0. The van der Waals surface area contributed by atoms with Crippen molar-refractivity contribution in [3.8, 4) is 0 Å². The van der Waals surface area contributed by atoms with Crippen LogP contribution in [0.25, 0.3) is 0 Å². The Hall–Kier alpha value is -1.59. The number of benzene rings is 1. The lowest BCUT2D eigenvalue weighted by atomic mass is 9.74. The summed E-state index contributed by atoms with van der Waals surface area (Å²) in [6.45, 7) is 3.47. The normalized spacial score (nSPS) is 26.2. The summed E-state index contributed by atoms with van der Waals surface area (Å²) in [6.07, 6.45) is 5.52. The summed E-state index contributed by atoms with van der Waals surface area (Å²) in [5.74, 6) is 0.113. The smallest absolute Gasteiger partial charge is 0.229 e. The van der Waals surface area contributed by atoms with Crippen LogP contribution in [0.4, 0.5) is 5.69 Å². The Kier molecular flexibility index (Phi) is 6.47. The molecule has 2 amide bonds. The van der Waals surface area contributed by atoms with Crippen LogP contribution >= 0.6 is 12.4 Å². The molecule has 5 nitrogen and oxygen atoms in total. The van der Waals surface area contributed by atoms with Crippen LogP contribution in [-0.2, 0) is 16.1 Å². The predicted octanol–water partition coefficient (Wildman–Crippen LogP) is 3.08. The molecule has 25 heavy (non-hydrogen) atoms. The third kappa shape index (κ3) is 4.73. The number of carbonyl (C=O) groups excluding carboxylic acids is 2. The fraction of sp³-hybridized carbons (Fsp3) is 0.579. The average Bonchev–Trinajstić information content (AvgIpc) is 2.94. The molecule has 1 saturated heterocycles. The first kappa shape index (κ1) is 19.7. The minimum Gasteiger partial charge on any atom is -0.338 e. The van der Waals surface area contributed by atoms with Crippen molar-refractivity contribution in [1.29, 1.82) is 0 Å². The number of rotatable bonds is 4. The van der Waals surface area contributed by atoms with Crippen LogP contribution in [-0.4, -0.2) is 28.8 Å². The zero-order chi connectivity index (χ0) is 17.2. The topological polar surface area (TPSA) is 75.4 Å². The summed E-state index contributed by atoms with van der Waals surface area (Å²) < 4.78 is 0. The van der Waals surface area contributed by atoms with E-state index < -0.39 is 5.54 Å². The van der Waals surface area contributed by atoms with Crippen molar-refractivity contribution in [1.82, 2.24) is 4.90 Å². The van der Waals surface area contributed by atoms with Gasteiger partial charge in [0.25, 0.3) is 0 Å². The van der Waals surface area contributed by atoms with Gasteiger partial charge in [-0.2, -0.15) is 0 Å². The number of hydrogen-bond donors (Lipinski definition) is 2. The van der Waals surface area contributed by atoms with Crippen LogP contribution < -0.4 is 11.1 Å². The van der Waals surface area contributed by atoms with Crippen molar-refractivity contribution < 1.29 is 9.59 Å². The molecule has 2 aliphatic rings. The molecule has 1 saturated carbocycles. The zero-order valence-electron chi connectivity index (χ0n) is 14.8. The maximum atomic E-state index is 12.5. The minimum absolute atomic E-state index is 0. The van der Waals surface area contributed by atoms with Crippen LogP contribution in [0.2, 0.25) is 0 Å². The van der Waals surface area contributed by atoms with E-state index in [9.17, 15) is 9.59 Å². The number of nitrogens with one attached hydrogen (secondary N) is 1. The highest BCUT2D eigenvalue weighted by molar-refractivity contribution is 5.93. The van der Waals surface area contributed by atoms with Gasteiger partial charge in [0.05, 0.1) is 5.92 Å². The van der Waals surface area contributed by atoms with E-state index in [0.717, 1.165) is 49.9 Å². The fourth-order valence-electron chi connectivity index (χ4n) is 3.80. The van der Waals surface area contributed by atoms with E-state index in [2.05, 4.69) is 5.32 Å². The van der Waals surface area contributed by atoms with E-state index in [1.807, 2.05) is 36.1 Å². The third-order valence-electron chi connectivity index (χ3n) is 5.34. The molecule has 138 valence electrons. The lowest BCUT2D eigenvalue weighted by Crippen LogP contribution is -2.51. The van der Waals surface area contributed by atoms with Gasteiger partial charge in [0.2, 0.25) is 11.8 Å². The number of anilines is 1. The molecule has 1 aliphatic heterocycles. The number of hydrogen-bond acceptors (Lipinski definition) is 3. The number of halogens is 1. The number of amides is 2. The van der Waals surface area contributed by atoms with E-state index >= 15 is 0 Å². The van der Waals surface area contributed by atoms with Crippen molar-refractivity contribution in [2.75, 3.05) is 11.9 Å². The molecular formula is C19H28ClN3O2. The van der Waals surface area contributed by atoms with Crippen LogP contribution in [0, 0.1) is 5.92 Å². The molecule has 0 aromatic heterocycles. The average molecular weight is 366 g/mol. The van der Waals surface area contributed by atoms with E-state index in [1.165, 1.54) is 0 Å². The molecule has 2 unspecified atom stereocenters. The first-order chi connectivity index (χ1) is 11.5. The minimum atomic E-state index is -0.418. The van der Waals surface area contributed by atoms with Crippen LogP contribution in [0.15, 0.2) is 24.3 Å². The molecule has 1 heterocycles. The van der Waals surface area contributed by atoms with Gasteiger partial charge in [0.15, 0.2) is 0 Å². The number of nitrogens with two attached hydrogens (primary N) is 1. The van der Waals surface area contributed by atoms with Crippen molar-refractivity contribution in [3.63, 3.8) is 0 Å².